The van der Waals surface area contributed by atoms with Gasteiger partial charge in [-0.05, 0) is 31.2 Å². The lowest BCUT2D eigenvalue weighted by Gasteiger charge is -2.04. The molecular weight excluding hydrogens is 274 g/mol. The maximum absolute atomic E-state index is 11.6. The third kappa shape index (κ3) is 2.90. The molecule has 1 aromatic carbocycles. The van der Waals surface area contributed by atoms with Crippen LogP contribution >= 0.6 is 0 Å². The minimum Gasteiger partial charge on any atom is -0.477 e. The van der Waals surface area contributed by atoms with Crippen LogP contribution in [-0.4, -0.2) is 33.4 Å². The molecule has 106 valence electrons. The Hall–Kier alpha value is -3.14. The monoisotopic (exact) mass is 285 g/mol. The largest absolute Gasteiger partial charge is 0.477 e. The van der Waals surface area contributed by atoms with Gasteiger partial charge in [-0.15, -0.1) is 0 Å². The first kappa shape index (κ1) is 14.3. The average molecular weight is 285 g/mol. The number of rotatable bonds is 4. The molecule has 21 heavy (non-hydrogen) atoms. The van der Waals surface area contributed by atoms with Crippen molar-refractivity contribution >= 4 is 11.9 Å². The van der Waals surface area contributed by atoms with Gasteiger partial charge in [-0.3, -0.25) is 0 Å². The molecule has 1 N–H and O–H groups in total. The van der Waals surface area contributed by atoms with E-state index in [9.17, 15) is 14.7 Å². The van der Waals surface area contributed by atoms with Gasteiger partial charge in [0.25, 0.3) is 0 Å². The van der Waals surface area contributed by atoms with Gasteiger partial charge < -0.3 is 9.84 Å². The number of carboxylic acids is 1. The van der Waals surface area contributed by atoms with E-state index in [4.69, 9.17) is 10.00 Å². The molecule has 7 nitrogen and oxygen atoms in total. The van der Waals surface area contributed by atoms with Crippen LogP contribution in [0.15, 0.2) is 30.3 Å². The van der Waals surface area contributed by atoms with Crippen LogP contribution in [0, 0.1) is 11.3 Å². The van der Waals surface area contributed by atoms with Crippen molar-refractivity contribution in [1.82, 2.24) is 9.78 Å². The molecule has 0 aliphatic rings. The predicted octanol–water partition coefficient (Wildman–Crippen LogP) is 1.62. The molecular formula is C14H11N3O4. The van der Waals surface area contributed by atoms with Crippen molar-refractivity contribution in [1.29, 1.82) is 5.26 Å². The molecule has 2 rings (SSSR count). The van der Waals surface area contributed by atoms with Crippen molar-refractivity contribution in [2.75, 3.05) is 6.61 Å². The summed E-state index contributed by atoms with van der Waals surface area (Å²) in [5.41, 5.74) is 0.622. The van der Waals surface area contributed by atoms with Crippen molar-refractivity contribution < 1.29 is 19.4 Å². The first-order chi connectivity index (χ1) is 10.1. The number of aromatic carboxylic acids is 1. The highest BCUT2D eigenvalue weighted by Gasteiger charge is 2.20. The molecule has 0 atom stereocenters. The fraction of sp³-hybridized carbons (Fsp3) is 0.143. The van der Waals surface area contributed by atoms with E-state index in [0.29, 0.717) is 11.3 Å². The van der Waals surface area contributed by atoms with Crippen molar-refractivity contribution in [3.05, 3.63) is 47.3 Å². The van der Waals surface area contributed by atoms with Crippen molar-refractivity contribution in [2.45, 2.75) is 6.92 Å². The van der Waals surface area contributed by atoms with E-state index in [1.165, 1.54) is 12.1 Å². The Morgan fingerprint density at radius 3 is 2.57 bits per heavy atom. The quantitative estimate of drug-likeness (QED) is 0.856. The van der Waals surface area contributed by atoms with Crippen LogP contribution < -0.4 is 0 Å². The maximum atomic E-state index is 11.6. The number of aromatic nitrogens is 2. The number of ether oxygens (including phenoxy) is 1. The summed E-state index contributed by atoms with van der Waals surface area (Å²) in [6.45, 7) is 1.82. The summed E-state index contributed by atoms with van der Waals surface area (Å²) in [4.78, 5) is 22.9. The normalized spacial score (nSPS) is 9.90. The molecule has 0 unspecified atom stereocenters. The van der Waals surface area contributed by atoms with Gasteiger partial charge in [0, 0.05) is 6.07 Å². The molecule has 0 fully saturated rings. The number of esters is 1. The van der Waals surface area contributed by atoms with E-state index >= 15 is 0 Å². The number of nitriles is 1. The first-order valence-corrected chi connectivity index (χ1v) is 6.07. The van der Waals surface area contributed by atoms with Gasteiger partial charge in [-0.1, -0.05) is 0 Å². The van der Waals surface area contributed by atoms with E-state index in [2.05, 4.69) is 5.10 Å². The van der Waals surface area contributed by atoms with Crippen LogP contribution in [0.5, 0.6) is 0 Å². The molecule has 0 radical (unpaired) electrons. The lowest BCUT2D eigenvalue weighted by Crippen LogP contribution is -2.09. The molecule has 0 amide bonds. The van der Waals surface area contributed by atoms with Gasteiger partial charge in [0.2, 0.25) is 0 Å². The van der Waals surface area contributed by atoms with E-state index in [1.807, 2.05) is 6.07 Å². The second kappa shape index (κ2) is 5.88. The van der Waals surface area contributed by atoms with Gasteiger partial charge in [0.05, 0.1) is 23.9 Å². The molecule has 1 heterocycles. The third-order valence-electron chi connectivity index (χ3n) is 2.65. The Bertz CT molecular complexity index is 726. The lowest BCUT2D eigenvalue weighted by atomic mass is 10.2. The SMILES string of the molecule is CCOC(=O)c1cc(C(=O)O)n(-c2ccc(C#N)cc2)n1. The van der Waals surface area contributed by atoms with E-state index in [-0.39, 0.29) is 18.0 Å². The molecule has 0 aliphatic heterocycles. The second-order valence-electron chi connectivity index (χ2n) is 4.01. The highest BCUT2D eigenvalue weighted by molar-refractivity contribution is 5.93. The number of hydrogen-bond donors (Lipinski definition) is 1. The first-order valence-electron chi connectivity index (χ1n) is 6.07. The molecule has 0 spiro atoms. The predicted molar refractivity (Wildman–Crippen MR) is 71.2 cm³/mol. The van der Waals surface area contributed by atoms with Crippen LogP contribution in [-0.2, 0) is 4.74 Å². The number of carbonyl (C=O) groups excluding carboxylic acids is 1. The molecule has 0 saturated carbocycles. The van der Waals surface area contributed by atoms with E-state index in [1.54, 1.807) is 19.1 Å². The van der Waals surface area contributed by atoms with E-state index < -0.39 is 11.9 Å². The lowest BCUT2D eigenvalue weighted by molar-refractivity contribution is 0.0518. The molecule has 1 aromatic heterocycles. The minimum absolute atomic E-state index is 0.0846. The summed E-state index contributed by atoms with van der Waals surface area (Å²) in [7, 11) is 0. The summed E-state index contributed by atoms with van der Waals surface area (Å²) < 4.78 is 5.92. The van der Waals surface area contributed by atoms with Crippen LogP contribution in [0.2, 0.25) is 0 Å². The molecule has 7 heteroatoms. The van der Waals surface area contributed by atoms with Gasteiger partial charge >= 0.3 is 11.9 Å². The highest BCUT2D eigenvalue weighted by Crippen LogP contribution is 2.14. The summed E-state index contributed by atoms with van der Waals surface area (Å²) >= 11 is 0. The van der Waals surface area contributed by atoms with Crippen LogP contribution in [0.1, 0.15) is 33.5 Å². The summed E-state index contributed by atoms with van der Waals surface area (Å²) in [6.07, 6.45) is 0. The fourth-order valence-electron chi connectivity index (χ4n) is 1.71. The molecule has 0 bridgehead atoms. The Morgan fingerprint density at radius 2 is 2.05 bits per heavy atom. The Balaban J connectivity index is 2.48. The third-order valence-corrected chi connectivity index (χ3v) is 2.65. The standard InChI is InChI=1S/C14H11N3O4/c1-2-21-14(20)11-7-12(13(18)19)17(16-11)10-5-3-9(8-15)4-6-10/h3-7H,2H2,1H3,(H,18,19). The smallest absolute Gasteiger partial charge is 0.358 e. The molecule has 2 aromatic rings. The zero-order chi connectivity index (χ0) is 15.4. The topological polar surface area (TPSA) is 105 Å². The highest BCUT2D eigenvalue weighted by atomic mass is 16.5. The van der Waals surface area contributed by atoms with Crippen LogP contribution in [0.4, 0.5) is 0 Å². The Labute approximate surface area is 120 Å². The zero-order valence-electron chi connectivity index (χ0n) is 11.1. The Morgan fingerprint density at radius 1 is 1.38 bits per heavy atom. The summed E-state index contributed by atoms with van der Waals surface area (Å²) in [6, 6.07) is 9.28. The number of carboxylic acid groups (broad SMARTS) is 1. The fourth-order valence-corrected chi connectivity index (χ4v) is 1.71. The number of nitrogens with zero attached hydrogens (tertiary/aromatic N) is 3. The number of carbonyl (C=O) groups is 2. The molecule has 0 saturated heterocycles. The minimum atomic E-state index is -1.22. The van der Waals surface area contributed by atoms with Crippen molar-refractivity contribution in [3.63, 3.8) is 0 Å². The number of hydrogen-bond acceptors (Lipinski definition) is 5. The zero-order valence-corrected chi connectivity index (χ0v) is 11.1. The molecule has 0 aliphatic carbocycles. The van der Waals surface area contributed by atoms with Gasteiger partial charge in [-0.2, -0.15) is 10.4 Å². The van der Waals surface area contributed by atoms with Gasteiger partial charge in [-0.25, -0.2) is 14.3 Å². The van der Waals surface area contributed by atoms with Gasteiger partial charge in [0.15, 0.2) is 11.4 Å². The van der Waals surface area contributed by atoms with Crippen molar-refractivity contribution in [2.24, 2.45) is 0 Å². The maximum Gasteiger partial charge on any atom is 0.358 e. The average Bonchev–Trinajstić information content (AvgIpc) is 2.93. The Kier molecular flexibility index (Phi) is 4.00. The van der Waals surface area contributed by atoms with Crippen molar-refractivity contribution in [3.8, 4) is 11.8 Å². The summed E-state index contributed by atoms with van der Waals surface area (Å²) in [5, 5.41) is 21.9. The summed E-state index contributed by atoms with van der Waals surface area (Å²) in [5.74, 6) is -1.91. The van der Waals surface area contributed by atoms with E-state index in [0.717, 1.165) is 10.7 Å². The number of benzene rings is 1. The second-order valence-corrected chi connectivity index (χ2v) is 4.01. The van der Waals surface area contributed by atoms with Crippen LogP contribution in [0.25, 0.3) is 5.69 Å². The van der Waals surface area contributed by atoms with Gasteiger partial charge in [0.1, 0.15) is 0 Å². The van der Waals surface area contributed by atoms with Crippen LogP contribution in [0.3, 0.4) is 0 Å².